The first-order valence-corrected chi connectivity index (χ1v) is 9.58. The molecular formula is C17H24N4O3S. The maximum Gasteiger partial charge on any atom is 0.242 e. The van der Waals surface area contributed by atoms with Crippen LogP contribution in [-0.4, -0.2) is 42.3 Å². The van der Waals surface area contributed by atoms with Crippen LogP contribution < -0.4 is 5.32 Å². The van der Waals surface area contributed by atoms with E-state index in [4.69, 9.17) is 0 Å². The molecule has 0 radical (unpaired) electrons. The minimum absolute atomic E-state index is 0.0289. The van der Waals surface area contributed by atoms with Crippen LogP contribution in [0.1, 0.15) is 32.2 Å². The fourth-order valence-electron chi connectivity index (χ4n) is 2.55. The van der Waals surface area contributed by atoms with Gasteiger partial charge in [-0.25, -0.2) is 17.7 Å². The van der Waals surface area contributed by atoms with Gasteiger partial charge in [0.25, 0.3) is 0 Å². The van der Waals surface area contributed by atoms with E-state index in [0.29, 0.717) is 12.1 Å². The van der Waals surface area contributed by atoms with Gasteiger partial charge in [-0.1, -0.05) is 19.4 Å². The number of nitrogens with one attached hydrogen (secondary N) is 1. The number of nitrogens with zero attached hydrogens (tertiary/aromatic N) is 3. The summed E-state index contributed by atoms with van der Waals surface area (Å²) < 4.78 is 27.5. The first-order chi connectivity index (χ1) is 11.8. The molecule has 0 bridgehead atoms. The number of hydrogen-bond donors (Lipinski definition) is 1. The van der Waals surface area contributed by atoms with E-state index >= 15 is 0 Å². The first-order valence-electron chi connectivity index (χ1n) is 8.14. The molecule has 2 aromatic rings. The van der Waals surface area contributed by atoms with Crippen molar-refractivity contribution in [2.45, 2.75) is 37.1 Å². The SMILES string of the molecule is CCCC(CC(=O)Nc1cccc(S(=O)(=O)N(C)C)c1)n1ccnc1. The lowest BCUT2D eigenvalue weighted by Crippen LogP contribution is -2.22. The van der Waals surface area contributed by atoms with E-state index in [-0.39, 0.29) is 16.8 Å². The van der Waals surface area contributed by atoms with E-state index in [1.54, 1.807) is 24.7 Å². The van der Waals surface area contributed by atoms with E-state index in [2.05, 4.69) is 17.2 Å². The zero-order valence-electron chi connectivity index (χ0n) is 14.7. The van der Waals surface area contributed by atoms with E-state index in [1.807, 2.05) is 10.8 Å². The van der Waals surface area contributed by atoms with Crippen LogP contribution in [0.3, 0.4) is 0 Å². The summed E-state index contributed by atoms with van der Waals surface area (Å²) in [5.41, 5.74) is 0.466. The fourth-order valence-corrected chi connectivity index (χ4v) is 3.49. The van der Waals surface area contributed by atoms with Gasteiger partial charge in [0.15, 0.2) is 0 Å². The number of carbonyl (C=O) groups is 1. The van der Waals surface area contributed by atoms with Crippen LogP contribution in [-0.2, 0) is 14.8 Å². The van der Waals surface area contributed by atoms with Crippen molar-refractivity contribution in [1.82, 2.24) is 13.9 Å². The molecule has 0 spiro atoms. The number of rotatable bonds is 8. The molecule has 1 heterocycles. The summed E-state index contributed by atoms with van der Waals surface area (Å²) in [6.45, 7) is 2.07. The molecule has 1 unspecified atom stereocenters. The molecular weight excluding hydrogens is 340 g/mol. The largest absolute Gasteiger partial charge is 0.334 e. The van der Waals surface area contributed by atoms with Gasteiger partial charge in [0.1, 0.15) is 0 Å². The van der Waals surface area contributed by atoms with Gasteiger partial charge in [0, 0.05) is 44.6 Å². The van der Waals surface area contributed by atoms with Crippen molar-refractivity contribution in [1.29, 1.82) is 0 Å². The second-order valence-electron chi connectivity index (χ2n) is 6.02. The van der Waals surface area contributed by atoms with Gasteiger partial charge >= 0.3 is 0 Å². The van der Waals surface area contributed by atoms with Crippen LogP contribution in [0, 0.1) is 0 Å². The Balaban J connectivity index is 2.10. The summed E-state index contributed by atoms with van der Waals surface area (Å²) in [6.07, 6.45) is 7.35. The maximum atomic E-state index is 12.4. The summed E-state index contributed by atoms with van der Waals surface area (Å²) in [6, 6.07) is 6.31. The topological polar surface area (TPSA) is 84.3 Å². The minimum atomic E-state index is -3.53. The molecule has 2 rings (SSSR count). The van der Waals surface area contributed by atoms with Crippen molar-refractivity contribution in [3.8, 4) is 0 Å². The van der Waals surface area contributed by atoms with Crippen molar-refractivity contribution in [2.24, 2.45) is 0 Å². The van der Waals surface area contributed by atoms with E-state index < -0.39 is 10.0 Å². The molecule has 0 aliphatic carbocycles. The fraction of sp³-hybridized carbons (Fsp3) is 0.412. The van der Waals surface area contributed by atoms with Crippen LogP contribution in [0.15, 0.2) is 47.9 Å². The predicted molar refractivity (Wildman–Crippen MR) is 96.7 cm³/mol. The lowest BCUT2D eigenvalue weighted by atomic mass is 10.1. The third-order valence-electron chi connectivity index (χ3n) is 3.89. The molecule has 0 aliphatic rings. The lowest BCUT2D eigenvalue weighted by Gasteiger charge is -2.17. The van der Waals surface area contributed by atoms with Crippen LogP contribution in [0.5, 0.6) is 0 Å². The maximum absolute atomic E-state index is 12.4. The second-order valence-corrected chi connectivity index (χ2v) is 8.17. The zero-order chi connectivity index (χ0) is 18.4. The summed E-state index contributed by atoms with van der Waals surface area (Å²) in [4.78, 5) is 16.6. The molecule has 0 saturated heterocycles. The molecule has 8 heteroatoms. The number of anilines is 1. The highest BCUT2D eigenvalue weighted by Gasteiger charge is 2.19. The summed E-state index contributed by atoms with van der Waals surface area (Å²) in [5.74, 6) is -0.161. The van der Waals surface area contributed by atoms with Crippen molar-refractivity contribution in [2.75, 3.05) is 19.4 Å². The highest BCUT2D eigenvalue weighted by Crippen LogP contribution is 2.21. The molecule has 25 heavy (non-hydrogen) atoms. The van der Waals surface area contributed by atoms with Gasteiger partial charge in [0.05, 0.1) is 11.2 Å². The quantitative estimate of drug-likeness (QED) is 0.780. The summed E-state index contributed by atoms with van der Waals surface area (Å²) >= 11 is 0. The minimum Gasteiger partial charge on any atom is -0.334 e. The van der Waals surface area contributed by atoms with Crippen LogP contribution in [0.4, 0.5) is 5.69 Å². The van der Waals surface area contributed by atoms with Crippen LogP contribution >= 0.6 is 0 Å². The normalized spacial score (nSPS) is 13.0. The Morgan fingerprint density at radius 3 is 2.72 bits per heavy atom. The molecule has 1 aromatic heterocycles. The van der Waals surface area contributed by atoms with Crippen molar-refractivity contribution in [3.05, 3.63) is 43.0 Å². The molecule has 136 valence electrons. The number of sulfonamides is 1. The number of amides is 1. The predicted octanol–water partition coefficient (Wildman–Crippen LogP) is 2.50. The molecule has 1 aromatic carbocycles. The van der Waals surface area contributed by atoms with E-state index in [9.17, 15) is 13.2 Å². The lowest BCUT2D eigenvalue weighted by molar-refractivity contribution is -0.117. The number of carbonyl (C=O) groups excluding carboxylic acids is 1. The summed E-state index contributed by atoms with van der Waals surface area (Å²) in [5, 5.41) is 2.79. The smallest absolute Gasteiger partial charge is 0.242 e. The monoisotopic (exact) mass is 364 g/mol. The highest BCUT2D eigenvalue weighted by molar-refractivity contribution is 7.89. The van der Waals surface area contributed by atoms with E-state index in [0.717, 1.165) is 17.1 Å². The van der Waals surface area contributed by atoms with Crippen molar-refractivity contribution in [3.63, 3.8) is 0 Å². The van der Waals surface area contributed by atoms with Gasteiger partial charge in [-0.2, -0.15) is 0 Å². The Labute approximate surface area is 148 Å². The number of aromatic nitrogens is 2. The third-order valence-corrected chi connectivity index (χ3v) is 5.70. The van der Waals surface area contributed by atoms with Gasteiger partial charge in [-0.15, -0.1) is 0 Å². The van der Waals surface area contributed by atoms with Crippen molar-refractivity contribution < 1.29 is 13.2 Å². The average molecular weight is 364 g/mol. The Hall–Kier alpha value is -2.19. The molecule has 1 amide bonds. The summed E-state index contributed by atoms with van der Waals surface area (Å²) in [7, 11) is -0.586. The number of imidazole rings is 1. The molecule has 7 nitrogen and oxygen atoms in total. The van der Waals surface area contributed by atoms with Crippen LogP contribution in [0.25, 0.3) is 0 Å². The highest BCUT2D eigenvalue weighted by atomic mass is 32.2. The van der Waals surface area contributed by atoms with E-state index in [1.165, 1.54) is 26.2 Å². The molecule has 0 aliphatic heterocycles. The Kier molecular flexibility index (Phi) is 6.33. The molecule has 0 saturated carbocycles. The third kappa shape index (κ3) is 4.90. The van der Waals surface area contributed by atoms with Gasteiger partial charge in [-0.05, 0) is 24.6 Å². The first kappa shape index (κ1) is 19.1. The standard InChI is InChI=1S/C17H24N4O3S/c1-4-6-15(21-10-9-18-13-21)12-17(22)19-14-7-5-8-16(11-14)25(23,24)20(2)3/h5,7-11,13,15H,4,6,12H2,1-3H3,(H,19,22). The van der Waals surface area contributed by atoms with Gasteiger partial charge < -0.3 is 9.88 Å². The van der Waals surface area contributed by atoms with Crippen molar-refractivity contribution >= 4 is 21.6 Å². The van der Waals surface area contributed by atoms with Gasteiger partial charge in [-0.3, -0.25) is 4.79 Å². The number of hydrogen-bond acceptors (Lipinski definition) is 4. The Bertz CT molecular complexity index is 801. The van der Waals surface area contributed by atoms with Crippen LogP contribution in [0.2, 0.25) is 0 Å². The van der Waals surface area contributed by atoms with Gasteiger partial charge in [0.2, 0.25) is 15.9 Å². The average Bonchev–Trinajstić information content (AvgIpc) is 3.09. The number of benzene rings is 1. The molecule has 0 fully saturated rings. The molecule has 1 N–H and O–H groups in total. The Morgan fingerprint density at radius 1 is 1.36 bits per heavy atom. The molecule has 1 atom stereocenters. The second kappa shape index (κ2) is 8.26. The zero-order valence-corrected chi connectivity index (χ0v) is 15.5. The Morgan fingerprint density at radius 2 is 2.12 bits per heavy atom.